The molecule has 290 valence electrons. The van der Waals surface area contributed by atoms with E-state index in [4.69, 9.17) is 0 Å². The fraction of sp³-hybridized carbons (Fsp3) is 0.381. The molecule has 5 heterocycles. The summed E-state index contributed by atoms with van der Waals surface area (Å²) in [6, 6.07) is 19.0. The molecule has 0 saturated carbocycles. The van der Waals surface area contributed by atoms with E-state index < -0.39 is 11.9 Å². The van der Waals surface area contributed by atoms with Crippen LogP contribution in [0.15, 0.2) is 72.2 Å². The van der Waals surface area contributed by atoms with Gasteiger partial charge in [0.15, 0.2) is 5.13 Å². The van der Waals surface area contributed by atoms with Gasteiger partial charge in [0, 0.05) is 47.9 Å². The minimum atomic E-state index is -0.461. The zero-order valence-electron chi connectivity index (χ0n) is 31.0. The smallest absolute Gasteiger partial charge is 0.255 e. The lowest BCUT2D eigenvalue weighted by Gasteiger charge is -2.36. The molecular formula is C42H44FN7O5S. The summed E-state index contributed by atoms with van der Waals surface area (Å²) in [5.74, 6) is -0.808. The first-order chi connectivity index (χ1) is 27.2. The zero-order valence-corrected chi connectivity index (χ0v) is 31.8. The van der Waals surface area contributed by atoms with Crippen LogP contribution in [0.2, 0.25) is 0 Å². The molecule has 4 aliphatic heterocycles. The van der Waals surface area contributed by atoms with Crippen molar-refractivity contribution in [3.8, 4) is 11.1 Å². The average Bonchev–Trinajstić information content (AvgIpc) is 3.84. The van der Waals surface area contributed by atoms with Crippen molar-refractivity contribution in [3.63, 3.8) is 0 Å². The highest BCUT2D eigenvalue weighted by atomic mass is 32.1. The molecule has 0 bridgehead atoms. The Kier molecular flexibility index (Phi) is 10.9. The van der Waals surface area contributed by atoms with Crippen LogP contribution in [-0.2, 0) is 25.7 Å². The summed E-state index contributed by atoms with van der Waals surface area (Å²) in [6.07, 6.45) is 6.10. The van der Waals surface area contributed by atoms with Crippen molar-refractivity contribution in [2.24, 2.45) is 0 Å². The van der Waals surface area contributed by atoms with Crippen molar-refractivity contribution < 1.29 is 28.4 Å². The molecule has 56 heavy (non-hydrogen) atoms. The van der Waals surface area contributed by atoms with Gasteiger partial charge in [-0.1, -0.05) is 36.4 Å². The minimum Gasteiger partial charge on any atom is -0.374 e. The number of carbonyl (C=O) groups is 5. The van der Waals surface area contributed by atoms with Crippen LogP contribution in [0.4, 0.5) is 15.2 Å². The largest absolute Gasteiger partial charge is 0.374 e. The fourth-order valence-corrected chi connectivity index (χ4v) is 8.89. The predicted octanol–water partition coefficient (Wildman–Crippen LogP) is 5.35. The van der Waals surface area contributed by atoms with Crippen molar-refractivity contribution in [1.29, 1.82) is 0 Å². The molecule has 1 aromatic heterocycles. The maximum absolute atomic E-state index is 15.3. The van der Waals surface area contributed by atoms with Gasteiger partial charge in [-0.15, -0.1) is 11.3 Å². The number of amides is 5. The van der Waals surface area contributed by atoms with Gasteiger partial charge in [0.25, 0.3) is 5.91 Å². The Morgan fingerprint density at radius 3 is 2.18 bits per heavy atom. The van der Waals surface area contributed by atoms with Crippen molar-refractivity contribution >= 4 is 51.7 Å². The number of aromatic nitrogens is 1. The molecule has 3 aromatic carbocycles. The van der Waals surface area contributed by atoms with E-state index in [0.29, 0.717) is 47.5 Å². The van der Waals surface area contributed by atoms with Gasteiger partial charge in [0.05, 0.1) is 13.1 Å². The maximum Gasteiger partial charge on any atom is 0.255 e. The third-order valence-corrected chi connectivity index (χ3v) is 12.2. The van der Waals surface area contributed by atoms with E-state index in [1.807, 2.05) is 29.2 Å². The Hall–Kier alpha value is -5.47. The second-order valence-corrected chi connectivity index (χ2v) is 16.0. The van der Waals surface area contributed by atoms with Crippen molar-refractivity contribution in [1.82, 2.24) is 25.0 Å². The van der Waals surface area contributed by atoms with E-state index in [2.05, 4.69) is 50.1 Å². The lowest BCUT2D eigenvalue weighted by molar-refractivity contribution is -0.134. The van der Waals surface area contributed by atoms with E-state index in [-0.39, 0.29) is 48.2 Å². The Labute approximate surface area is 328 Å². The maximum atomic E-state index is 15.3. The molecule has 0 spiro atoms. The van der Waals surface area contributed by atoms with Gasteiger partial charge in [-0.3, -0.25) is 34.2 Å². The summed E-state index contributed by atoms with van der Waals surface area (Å²) >= 11 is 1.28. The molecule has 14 heteroatoms. The molecule has 0 radical (unpaired) electrons. The number of anilines is 2. The fourth-order valence-electron chi connectivity index (χ4n) is 8.34. The number of nitrogens with zero attached hydrogens (tertiary/aromatic N) is 4. The first-order valence-electron chi connectivity index (χ1n) is 19.3. The Morgan fingerprint density at radius 2 is 1.52 bits per heavy atom. The first-order valence-corrected chi connectivity index (χ1v) is 20.2. The van der Waals surface area contributed by atoms with Crippen LogP contribution >= 0.6 is 11.3 Å². The lowest BCUT2D eigenvalue weighted by Crippen LogP contribution is -2.47. The van der Waals surface area contributed by atoms with Crippen molar-refractivity contribution in [2.45, 2.75) is 62.9 Å². The predicted molar refractivity (Wildman–Crippen MR) is 211 cm³/mol. The van der Waals surface area contributed by atoms with Crippen LogP contribution in [-0.4, -0.2) is 94.5 Å². The van der Waals surface area contributed by atoms with E-state index in [1.54, 1.807) is 17.6 Å². The number of benzene rings is 3. The highest BCUT2D eigenvalue weighted by molar-refractivity contribution is 7.13. The molecule has 12 nitrogen and oxygen atoms in total. The SMILES string of the molecule is O=C1CCC(Nc2ccc(C3CCN(C(=O)CN4CCC(c5ccc(-c6cc(F)c7c(c6)C(=O)N(CC(=O)Nc6nccs6)C7)cc5)CC4)CC3)cc2)C(=O)N1. The van der Waals surface area contributed by atoms with E-state index in [1.165, 1.54) is 33.4 Å². The third kappa shape index (κ3) is 8.36. The number of fused-ring (bicyclic) bond motifs is 1. The first kappa shape index (κ1) is 37.5. The number of halogens is 1. The second-order valence-electron chi connectivity index (χ2n) is 15.1. The standard InChI is InChI=1S/C42H44FN7O5S/c43-35-22-31(21-33-34(35)23-50(41(33)55)24-38(52)47-42-44-15-20-56-42)28-3-1-26(2-4-28)29-11-16-48(17-12-29)25-39(53)49-18-13-30(14-19-49)27-5-7-32(8-6-27)45-36-9-10-37(51)46-40(36)54/h1-8,15,20-22,29-30,36,45H,9-14,16-19,23-25H2,(H,44,47,52)(H,46,51,54). The van der Waals surface area contributed by atoms with Crippen LogP contribution in [0.25, 0.3) is 11.1 Å². The van der Waals surface area contributed by atoms with Crippen LogP contribution < -0.4 is 16.0 Å². The normalized spacial score (nSPS) is 19.5. The van der Waals surface area contributed by atoms with Crippen LogP contribution in [0.1, 0.15) is 77.4 Å². The monoisotopic (exact) mass is 777 g/mol. The quantitative estimate of drug-likeness (QED) is 0.183. The summed E-state index contributed by atoms with van der Waals surface area (Å²) in [4.78, 5) is 72.1. The highest BCUT2D eigenvalue weighted by Gasteiger charge is 2.33. The molecule has 1 atom stereocenters. The molecule has 5 amide bonds. The van der Waals surface area contributed by atoms with E-state index in [9.17, 15) is 24.0 Å². The molecule has 3 saturated heterocycles. The number of nitrogens with one attached hydrogen (secondary N) is 3. The van der Waals surface area contributed by atoms with Gasteiger partial charge < -0.3 is 20.4 Å². The summed E-state index contributed by atoms with van der Waals surface area (Å²) in [5.41, 5.74) is 5.30. The zero-order chi connectivity index (χ0) is 38.8. The van der Waals surface area contributed by atoms with Crippen LogP contribution in [0.5, 0.6) is 0 Å². The minimum absolute atomic E-state index is 0.0403. The van der Waals surface area contributed by atoms with E-state index in [0.717, 1.165) is 63.1 Å². The third-order valence-electron chi connectivity index (χ3n) is 11.5. The molecule has 8 rings (SSSR count). The second kappa shape index (κ2) is 16.3. The van der Waals surface area contributed by atoms with Gasteiger partial charge >= 0.3 is 0 Å². The molecule has 1 unspecified atom stereocenters. The molecular weight excluding hydrogens is 734 g/mol. The number of thiazole rings is 1. The summed E-state index contributed by atoms with van der Waals surface area (Å²) in [7, 11) is 0. The Bertz CT molecular complexity index is 2110. The van der Waals surface area contributed by atoms with Gasteiger partial charge in [-0.25, -0.2) is 9.37 Å². The molecule has 4 aliphatic rings. The number of rotatable bonds is 10. The van der Waals surface area contributed by atoms with E-state index >= 15 is 4.39 Å². The number of carbonyl (C=O) groups excluding carboxylic acids is 5. The number of hydrogen-bond donors (Lipinski definition) is 3. The lowest BCUT2D eigenvalue weighted by atomic mass is 9.88. The number of imide groups is 1. The van der Waals surface area contributed by atoms with Gasteiger partial charge in [-0.05, 0) is 104 Å². The summed E-state index contributed by atoms with van der Waals surface area (Å²) in [5, 5.41) is 10.5. The average molecular weight is 778 g/mol. The Balaban J connectivity index is 0.783. The van der Waals surface area contributed by atoms with Crippen LogP contribution in [0, 0.1) is 5.82 Å². The Morgan fingerprint density at radius 1 is 0.839 bits per heavy atom. The van der Waals surface area contributed by atoms with Crippen molar-refractivity contribution in [3.05, 3.63) is 100 Å². The van der Waals surface area contributed by atoms with Gasteiger partial charge in [0.2, 0.25) is 23.6 Å². The summed E-state index contributed by atoms with van der Waals surface area (Å²) in [6.45, 7) is 3.42. The molecule has 0 aliphatic carbocycles. The summed E-state index contributed by atoms with van der Waals surface area (Å²) < 4.78 is 15.3. The molecule has 3 N–H and O–H groups in total. The van der Waals surface area contributed by atoms with Crippen molar-refractivity contribution in [2.75, 3.05) is 49.9 Å². The number of hydrogen-bond acceptors (Lipinski definition) is 9. The van der Waals surface area contributed by atoms with Gasteiger partial charge in [0.1, 0.15) is 18.4 Å². The molecule has 3 fully saturated rings. The van der Waals surface area contributed by atoms with Crippen LogP contribution in [0.3, 0.4) is 0 Å². The highest BCUT2D eigenvalue weighted by Crippen LogP contribution is 2.34. The van der Waals surface area contributed by atoms with Gasteiger partial charge in [-0.2, -0.15) is 0 Å². The number of likely N-dealkylation sites (tertiary alicyclic amines) is 2. The number of piperidine rings is 3. The molecule has 4 aromatic rings. The topological polar surface area (TPSA) is 144 Å².